The molecule has 0 bridgehead atoms. The van der Waals surface area contributed by atoms with Crippen LogP contribution >= 0.6 is 11.3 Å². The topological polar surface area (TPSA) is 97.2 Å². The Morgan fingerprint density at radius 1 is 1.39 bits per heavy atom. The lowest BCUT2D eigenvalue weighted by Gasteiger charge is -2.11. The molecule has 23 heavy (non-hydrogen) atoms. The lowest BCUT2D eigenvalue weighted by Crippen LogP contribution is -2.29. The number of carbonyl (C=O) groups is 1. The number of halogens is 3. The van der Waals surface area contributed by atoms with Crippen LogP contribution in [0.4, 0.5) is 24.5 Å². The van der Waals surface area contributed by atoms with Gasteiger partial charge in [0.25, 0.3) is 11.6 Å². The molecule has 122 valence electrons. The first-order valence-electron chi connectivity index (χ1n) is 6.02. The second-order valence-electron chi connectivity index (χ2n) is 4.33. The zero-order chi connectivity index (χ0) is 17.2. The van der Waals surface area contributed by atoms with Crippen LogP contribution in [0.25, 0.3) is 0 Å². The SMILES string of the molecule is Cc1ncsc1C(=O)NNc1ccc(C(F)(F)F)cc1[N+](=O)[O-]. The molecule has 0 fully saturated rings. The van der Waals surface area contributed by atoms with E-state index in [-0.39, 0.29) is 10.6 Å². The van der Waals surface area contributed by atoms with Crippen LogP contribution < -0.4 is 10.9 Å². The minimum Gasteiger partial charge on any atom is -0.292 e. The minimum atomic E-state index is -4.70. The fourth-order valence-corrected chi connectivity index (χ4v) is 2.36. The number of nitrogens with zero attached hydrogens (tertiary/aromatic N) is 2. The molecule has 2 rings (SSSR count). The van der Waals surface area contributed by atoms with Gasteiger partial charge in [0.2, 0.25) is 0 Å². The zero-order valence-electron chi connectivity index (χ0n) is 11.5. The molecular weight excluding hydrogens is 337 g/mol. The Balaban J connectivity index is 2.21. The Labute approximate surface area is 131 Å². The summed E-state index contributed by atoms with van der Waals surface area (Å²) in [5.41, 5.74) is 4.15. The summed E-state index contributed by atoms with van der Waals surface area (Å²) in [6.45, 7) is 1.60. The van der Waals surface area contributed by atoms with E-state index in [1.54, 1.807) is 6.92 Å². The molecule has 1 heterocycles. The summed E-state index contributed by atoms with van der Waals surface area (Å²) in [5.74, 6) is -0.598. The summed E-state index contributed by atoms with van der Waals surface area (Å²) in [5, 5.41) is 10.9. The van der Waals surface area contributed by atoms with Gasteiger partial charge in [-0.2, -0.15) is 13.2 Å². The van der Waals surface area contributed by atoms with Crippen molar-refractivity contribution in [3.8, 4) is 0 Å². The first-order chi connectivity index (χ1) is 10.7. The van der Waals surface area contributed by atoms with E-state index < -0.39 is 28.3 Å². The average Bonchev–Trinajstić information content (AvgIpc) is 2.89. The smallest absolute Gasteiger partial charge is 0.292 e. The van der Waals surface area contributed by atoms with E-state index >= 15 is 0 Å². The molecule has 2 aromatic rings. The Morgan fingerprint density at radius 3 is 2.61 bits per heavy atom. The number of benzene rings is 1. The van der Waals surface area contributed by atoms with E-state index in [1.165, 1.54) is 5.51 Å². The number of nitro benzene ring substituents is 1. The summed E-state index contributed by atoms with van der Waals surface area (Å²) >= 11 is 1.06. The number of nitro groups is 1. The number of nitrogens with one attached hydrogen (secondary N) is 2. The van der Waals surface area contributed by atoms with E-state index in [0.29, 0.717) is 17.8 Å². The van der Waals surface area contributed by atoms with Gasteiger partial charge in [-0.3, -0.25) is 25.8 Å². The fraction of sp³-hybridized carbons (Fsp3) is 0.167. The van der Waals surface area contributed by atoms with Gasteiger partial charge in [0.15, 0.2) is 0 Å². The molecule has 1 aromatic heterocycles. The molecule has 2 N–H and O–H groups in total. The third-order valence-corrected chi connectivity index (χ3v) is 3.71. The number of alkyl halides is 3. The molecular formula is C12H9F3N4O3S. The predicted molar refractivity (Wildman–Crippen MR) is 76.0 cm³/mol. The molecule has 0 atom stereocenters. The highest BCUT2D eigenvalue weighted by molar-refractivity contribution is 7.11. The van der Waals surface area contributed by atoms with Crippen LogP contribution in [0.15, 0.2) is 23.7 Å². The van der Waals surface area contributed by atoms with Crippen molar-refractivity contribution in [2.45, 2.75) is 13.1 Å². The van der Waals surface area contributed by atoms with Crippen molar-refractivity contribution in [1.82, 2.24) is 10.4 Å². The fourth-order valence-electron chi connectivity index (χ4n) is 1.67. The van der Waals surface area contributed by atoms with Gasteiger partial charge in [-0.05, 0) is 19.1 Å². The van der Waals surface area contributed by atoms with Crippen LogP contribution in [0.1, 0.15) is 20.9 Å². The van der Waals surface area contributed by atoms with Crippen molar-refractivity contribution in [3.63, 3.8) is 0 Å². The van der Waals surface area contributed by atoms with Crippen LogP contribution in [-0.2, 0) is 6.18 Å². The highest BCUT2D eigenvalue weighted by Crippen LogP contribution is 2.34. The van der Waals surface area contributed by atoms with Crippen LogP contribution in [0.2, 0.25) is 0 Å². The van der Waals surface area contributed by atoms with Crippen molar-refractivity contribution in [2.24, 2.45) is 0 Å². The number of aryl methyl sites for hydroxylation is 1. The standard InChI is InChI=1S/C12H9F3N4O3S/c1-6-10(23-5-16-6)11(20)18-17-8-3-2-7(12(13,14)15)4-9(8)19(21)22/h2-5,17H,1H3,(H,18,20). The number of aromatic nitrogens is 1. The van der Waals surface area contributed by atoms with E-state index in [0.717, 1.165) is 17.4 Å². The predicted octanol–water partition coefficient (Wildman–Crippen LogP) is 3.14. The molecule has 0 aliphatic carbocycles. The molecule has 1 amide bonds. The normalized spacial score (nSPS) is 11.1. The van der Waals surface area contributed by atoms with Crippen LogP contribution in [0, 0.1) is 17.0 Å². The highest BCUT2D eigenvalue weighted by Gasteiger charge is 2.33. The van der Waals surface area contributed by atoms with Gasteiger partial charge in [-0.1, -0.05) is 0 Å². The van der Waals surface area contributed by atoms with Gasteiger partial charge in [-0.15, -0.1) is 11.3 Å². The summed E-state index contributed by atoms with van der Waals surface area (Å²) < 4.78 is 37.8. The Morgan fingerprint density at radius 2 is 2.09 bits per heavy atom. The largest absolute Gasteiger partial charge is 0.416 e. The maximum absolute atomic E-state index is 12.6. The van der Waals surface area contributed by atoms with Crippen molar-refractivity contribution in [3.05, 3.63) is 50.0 Å². The Kier molecular flexibility index (Phi) is 4.50. The molecule has 0 unspecified atom stereocenters. The van der Waals surface area contributed by atoms with Crippen LogP contribution in [0.5, 0.6) is 0 Å². The number of rotatable bonds is 4. The van der Waals surface area contributed by atoms with E-state index in [2.05, 4.69) is 15.8 Å². The van der Waals surface area contributed by atoms with E-state index in [4.69, 9.17) is 0 Å². The lowest BCUT2D eigenvalue weighted by molar-refractivity contribution is -0.384. The lowest BCUT2D eigenvalue weighted by atomic mass is 10.1. The third-order valence-electron chi connectivity index (χ3n) is 2.78. The van der Waals surface area contributed by atoms with Crippen LogP contribution in [-0.4, -0.2) is 15.8 Å². The van der Waals surface area contributed by atoms with Gasteiger partial charge in [0.1, 0.15) is 10.6 Å². The summed E-state index contributed by atoms with van der Waals surface area (Å²) in [4.78, 5) is 25.9. The first kappa shape index (κ1) is 16.7. The molecule has 0 aliphatic heterocycles. The molecule has 0 spiro atoms. The molecule has 0 aliphatic rings. The number of thiazole rings is 1. The van der Waals surface area contributed by atoms with Gasteiger partial charge >= 0.3 is 6.18 Å². The van der Waals surface area contributed by atoms with Crippen LogP contribution in [0.3, 0.4) is 0 Å². The molecule has 0 saturated heterocycles. The van der Waals surface area contributed by atoms with Crippen molar-refractivity contribution in [1.29, 1.82) is 0 Å². The summed E-state index contributed by atoms with van der Waals surface area (Å²) in [6.07, 6.45) is -4.70. The Hall–Kier alpha value is -2.69. The number of carbonyl (C=O) groups excluding carboxylic acids is 1. The quantitative estimate of drug-likeness (QED) is 0.655. The molecule has 7 nitrogen and oxygen atoms in total. The molecule has 1 aromatic carbocycles. The molecule has 0 radical (unpaired) electrons. The van der Waals surface area contributed by atoms with Crippen molar-refractivity contribution < 1.29 is 22.9 Å². The van der Waals surface area contributed by atoms with Crippen molar-refractivity contribution in [2.75, 3.05) is 5.43 Å². The summed E-state index contributed by atoms with van der Waals surface area (Å²) in [6, 6.07) is 1.95. The third kappa shape index (κ3) is 3.74. The number of hydrazine groups is 1. The maximum atomic E-state index is 12.6. The monoisotopic (exact) mass is 346 g/mol. The second-order valence-corrected chi connectivity index (χ2v) is 5.19. The van der Waals surface area contributed by atoms with E-state index in [9.17, 15) is 28.1 Å². The zero-order valence-corrected chi connectivity index (χ0v) is 12.3. The number of amides is 1. The van der Waals surface area contributed by atoms with Gasteiger partial charge in [0.05, 0.1) is 21.7 Å². The summed E-state index contributed by atoms with van der Waals surface area (Å²) in [7, 11) is 0. The molecule has 11 heteroatoms. The van der Waals surface area contributed by atoms with Crippen molar-refractivity contribution >= 4 is 28.6 Å². The number of hydrogen-bond acceptors (Lipinski definition) is 6. The van der Waals surface area contributed by atoms with Gasteiger partial charge in [0, 0.05) is 6.07 Å². The average molecular weight is 346 g/mol. The second kappa shape index (κ2) is 6.20. The highest BCUT2D eigenvalue weighted by atomic mass is 32.1. The maximum Gasteiger partial charge on any atom is 0.416 e. The number of hydrogen-bond donors (Lipinski definition) is 2. The minimum absolute atomic E-state index is 0.265. The Bertz CT molecular complexity index is 760. The number of anilines is 1. The van der Waals surface area contributed by atoms with E-state index in [1.807, 2.05) is 0 Å². The first-order valence-corrected chi connectivity index (χ1v) is 6.90. The molecule has 0 saturated carbocycles. The van der Waals surface area contributed by atoms with Gasteiger partial charge < -0.3 is 0 Å². The van der Waals surface area contributed by atoms with Gasteiger partial charge in [-0.25, -0.2) is 4.98 Å².